The molecule has 0 spiro atoms. The summed E-state index contributed by atoms with van der Waals surface area (Å²) < 4.78 is 5.45. The van der Waals surface area contributed by atoms with Gasteiger partial charge in [0.15, 0.2) is 0 Å². The molecule has 0 fully saturated rings. The van der Waals surface area contributed by atoms with Crippen LogP contribution in [0.5, 0.6) is 0 Å². The molecule has 0 amide bonds. The van der Waals surface area contributed by atoms with Gasteiger partial charge >= 0.3 is 0 Å². The maximum Gasteiger partial charge on any atom is 0.0481 e. The number of ether oxygens (including phenoxy) is 1. The molecule has 0 heterocycles. The lowest BCUT2D eigenvalue weighted by molar-refractivity contribution is 0.122. The van der Waals surface area contributed by atoms with Gasteiger partial charge in [-0.2, -0.15) is 0 Å². The summed E-state index contributed by atoms with van der Waals surface area (Å²) >= 11 is 0. The minimum absolute atomic E-state index is 0.388. The maximum absolute atomic E-state index is 5.51. The zero-order chi connectivity index (χ0) is 11.7. The van der Waals surface area contributed by atoms with Gasteiger partial charge < -0.3 is 4.74 Å². The van der Waals surface area contributed by atoms with E-state index in [4.69, 9.17) is 10.6 Å². The number of nitrogens with two attached hydrogens (primary N) is 1. The van der Waals surface area contributed by atoms with E-state index in [1.54, 1.807) is 0 Å². The van der Waals surface area contributed by atoms with Crippen LogP contribution in [0.25, 0.3) is 0 Å². The van der Waals surface area contributed by atoms with Crippen molar-refractivity contribution < 1.29 is 4.74 Å². The van der Waals surface area contributed by atoms with Gasteiger partial charge in [-0.3, -0.25) is 11.3 Å². The SMILES string of the molecule is CCCOCCC(CCC(C)(C)C)NN. The lowest BCUT2D eigenvalue weighted by Gasteiger charge is -2.22. The molecule has 0 aliphatic rings. The van der Waals surface area contributed by atoms with Crippen molar-refractivity contribution in [2.45, 2.75) is 59.4 Å². The van der Waals surface area contributed by atoms with E-state index >= 15 is 0 Å². The first kappa shape index (κ1) is 14.9. The predicted octanol–water partition coefficient (Wildman–Crippen LogP) is 2.46. The van der Waals surface area contributed by atoms with E-state index in [1.165, 1.54) is 6.42 Å². The summed E-state index contributed by atoms with van der Waals surface area (Å²) in [6.07, 6.45) is 4.40. The van der Waals surface area contributed by atoms with Gasteiger partial charge in [-0.05, 0) is 31.1 Å². The van der Waals surface area contributed by atoms with Crippen molar-refractivity contribution in [1.29, 1.82) is 0 Å². The fourth-order valence-electron chi connectivity index (χ4n) is 1.39. The third-order valence-electron chi connectivity index (χ3n) is 2.44. The van der Waals surface area contributed by atoms with Crippen LogP contribution in [0.2, 0.25) is 0 Å². The quantitative estimate of drug-likeness (QED) is 0.372. The van der Waals surface area contributed by atoms with E-state index in [0.717, 1.165) is 32.5 Å². The molecule has 0 saturated heterocycles. The van der Waals surface area contributed by atoms with Crippen molar-refractivity contribution >= 4 is 0 Å². The molecule has 0 aliphatic carbocycles. The summed E-state index contributed by atoms with van der Waals surface area (Å²) in [7, 11) is 0. The van der Waals surface area contributed by atoms with E-state index in [9.17, 15) is 0 Å². The molecule has 0 saturated carbocycles. The van der Waals surface area contributed by atoms with Crippen molar-refractivity contribution in [3.63, 3.8) is 0 Å². The minimum atomic E-state index is 0.388. The topological polar surface area (TPSA) is 47.3 Å². The summed E-state index contributed by atoms with van der Waals surface area (Å²) in [6.45, 7) is 10.6. The van der Waals surface area contributed by atoms with Crippen molar-refractivity contribution in [2.75, 3.05) is 13.2 Å². The third kappa shape index (κ3) is 10.2. The first-order valence-electron chi connectivity index (χ1n) is 6.03. The summed E-state index contributed by atoms with van der Waals surface area (Å²) in [5.74, 6) is 5.51. The van der Waals surface area contributed by atoms with Crippen LogP contribution in [0.4, 0.5) is 0 Å². The van der Waals surface area contributed by atoms with E-state index in [2.05, 4.69) is 33.1 Å². The number of rotatable bonds is 8. The second-order valence-corrected chi connectivity index (χ2v) is 5.36. The highest BCUT2D eigenvalue weighted by atomic mass is 16.5. The molecule has 15 heavy (non-hydrogen) atoms. The van der Waals surface area contributed by atoms with Crippen molar-refractivity contribution in [3.05, 3.63) is 0 Å². The van der Waals surface area contributed by atoms with Crippen LogP contribution in [-0.4, -0.2) is 19.3 Å². The maximum atomic E-state index is 5.51. The predicted molar refractivity (Wildman–Crippen MR) is 65.5 cm³/mol. The molecule has 3 N–H and O–H groups in total. The van der Waals surface area contributed by atoms with Crippen molar-refractivity contribution in [2.24, 2.45) is 11.3 Å². The Bertz CT molecular complexity index is 143. The molecule has 0 aromatic heterocycles. The molecule has 92 valence electrons. The highest BCUT2D eigenvalue weighted by molar-refractivity contribution is 4.69. The van der Waals surface area contributed by atoms with Gasteiger partial charge in [0.05, 0.1) is 0 Å². The highest BCUT2D eigenvalue weighted by Gasteiger charge is 2.14. The van der Waals surface area contributed by atoms with Crippen LogP contribution in [-0.2, 0) is 4.74 Å². The Morgan fingerprint density at radius 2 is 1.87 bits per heavy atom. The molecule has 0 aromatic carbocycles. The van der Waals surface area contributed by atoms with Crippen LogP contribution in [0, 0.1) is 5.41 Å². The first-order chi connectivity index (χ1) is 6.99. The normalized spacial score (nSPS) is 14.2. The summed E-state index contributed by atoms with van der Waals surface area (Å²) in [4.78, 5) is 0. The van der Waals surface area contributed by atoms with E-state index in [1.807, 2.05) is 0 Å². The van der Waals surface area contributed by atoms with Gasteiger partial charge in [0.1, 0.15) is 0 Å². The Labute approximate surface area is 94.7 Å². The van der Waals surface area contributed by atoms with Gasteiger partial charge in [-0.25, -0.2) is 0 Å². The largest absolute Gasteiger partial charge is 0.381 e. The molecule has 1 unspecified atom stereocenters. The first-order valence-corrected chi connectivity index (χ1v) is 6.03. The number of hydrazine groups is 1. The van der Waals surface area contributed by atoms with Gasteiger partial charge in [-0.1, -0.05) is 27.7 Å². The van der Waals surface area contributed by atoms with Crippen LogP contribution < -0.4 is 11.3 Å². The van der Waals surface area contributed by atoms with E-state index in [-0.39, 0.29) is 0 Å². The van der Waals surface area contributed by atoms with E-state index < -0.39 is 0 Å². The van der Waals surface area contributed by atoms with Gasteiger partial charge in [0.25, 0.3) is 0 Å². The molecule has 0 rings (SSSR count). The smallest absolute Gasteiger partial charge is 0.0481 e. The Morgan fingerprint density at radius 3 is 2.33 bits per heavy atom. The monoisotopic (exact) mass is 216 g/mol. The van der Waals surface area contributed by atoms with Crippen LogP contribution in [0.1, 0.15) is 53.4 Å². The lowest BCUT2D eigenvalue weighted by Crippen LogP contribution is -2.36. The van der Waals surface area contributed by atoms with Crippen LogP contribution >= 0.6 is 0 Å². The molecule has 0 aromatic rings. The van der Waals surface area contributed by atoms with Crippen LogP contribution in [0.3, 0.4) is 0 Å². The standard InChI is InChI=1S/C12H28N2O/c1-5-9-15-10-7-11(14-13)6-8-12(2,3)4/h11,14H,5-10,13H2,1-4H3. The zero-order valence-electron chi connectivity index (χ0n) is 10.8. The molecule has 1 atom stereocenters. The lowest BCUT2D eigenvalue weighted by atomic mass is 9.88. The molecule has 0 aliphatic heterocycles. The molecule has 0 radical (unpaired) electrons. The molecular weight excluding hydrogens is 188 g/mol. The highest BCUT2D eigenvalue weighted by Crippen LogP contribution is 2.22. The molecule has 3 nitrogen and oxygen atoms in total. The second-order valence-electron chi connectivity index (χ2n) is 5.36. The number of hydrogen-bond acceptors (Lipinski definition) is 3. The Hall–Kier alpha value is -0.120. The van der Waals surface area contributed by atoms with Gasteiger partial charge in [0.2, 0.25) is 0 Å². The molecular formula is C12H28N2O. The molecule has 0 bridgehead atoms. The molecule has 3 heteroatoms. The fraction of sp³-hybridized carbons (Fsp3) is 1.00. The Balaban J connectivity index is 3.55. The average Bonchev–Trinajstić information content (AvgIpc) is 2.15. The third-order valence-corrected chi connectivity index (χ3v) is 2.44. The van der Waals surface area contributed by atoms with E-state index in [0.29, 0.717) is 11.5 Å². The van der Waals surface area contributed by atoms with Gasteiger partial charge in [0, 0.05) is 19.3 Å². The van der Waals surface area contributed by atoms with Crippen molar-refractivity contribution in [1.82, 2.24) is 5.43 Å². The number of nitrogens with one attached hydrogen (secondary N) is 1. The minimum Gasteiger partial charge on any atom is -0.381 e. The fourth-order valence-corrected chi connectivity index (χ4v) is 1.39. The number of hydrogen-bond donors (Lipinski definition) is 2. The summed E-state index contributed by atoms with van der Waals surface area (Å²) in [6, 6.07) is 0.390. The average molecular weight is 216 g/mol. The van der Waals surface area contributed by atoms with Crippen molar-refractivity contribution in [3.8, 4) is 0 Å². The summed E-state index contributed by atoms with van der Waals surface area (Å²) in [5, 5.41) is 0. The Morgan fingerprint density at radius 1 is 1.20 bits per heavy atom. The second kappa shape index (κ2) is 8.08. The van der Waals surface area contributed by atoms with Gasteiger partial charge in [-0.15, -0.1) is 0 Å². The Kier molecular flexibility index (Phi) is 8.02. The van der Waals surface area contributed by atoms with Crippen LogP contribution in [0.15, 0.2) is 0 Å². The zero-order valence-corrected chi connectivity index (χ0v) is 10.8. The summed E-state index contributed by atoms with van der Waals surface area (Å²) in [5.41, 5.74) is 3.26.